The van der Waals surface area contributed by atoms with Gasteiger partial charge in [0, 0.05) is 19.3 Å². The number of benzene rings is 3. The number of carbonyl (C=O) groups excluding carboxylic acids is 1. The summed E-state index contributed by atoms with van der Waals surface area (Å²) >= 11 is 0. The molecule has 3 aromatic carbocycles. The molecular formula is C27H23N5O. The van der Waals surface area contributed by atoms with E-state index in [1.807, 2.05) is 83.4 Å². The SMILES string of the molecule is O=C(NCc1ccccc1)c1cccc(NCc2ccccc2)c1-n1cnc2cccnc21. The lowest BCUT2D eigenvalue weighted by atomic mass is 10.1. The number of rotatable bonds is 7. The van der Waals surface area contributed by atoms with Gasteiger partial charge < -0.3 is 10.6 Å². The van der Waals surface area contributed by atoms with Gasteiger partial charge in [-0.25, -0.2) is 9.97 Å². The summed E-state index contributed by atoms with van der Waals surface area (Å²) in [5.74, 6) is -0.157. The van der Waals surface area contributed by atoms with Crippen molar-refractivity contribution in [3.8, 4) is 5.69 Å². The minimum absolute atomic E-state index is 0.157. The Bertz CT molecular complexity index is 1380. The summed E-state index contributed by atoms with van der Waals surface area (Å²) in [5.41, 5.74) is 5.76. The first-order valence-corrected chi connectivity index (χ1v) is 10.8. The van der Waals surface area contributed by atoms with E-state index in [1.54, 1.807) is 12.5 Å². The highest BCUT2D eigenvalue weighted by Crippen LogP contribution is 2.28. The largest absolute Gasteiger partial charge is 0.379 e. The molecule has 2 heterocycles. The molecular weight excluding hydrogens is 410 g/mol. The zero-order valence-electron chi connectivity index (χ0n) is 18.0. The quantitative estimate of drug-likeness (QED) is 0.380. The van der Waals surface area contributed by atoms with Gasteiger partial charge in [0.05, 0.1) is 16.9 Å². The van der Waals surface area contributed by atoms with Gasteiger partial charge in [0.2, 0.25) is 0 Å². The maximum absolute atomic E-state index is 13.3. The van der Waals surface area contributed by atoms with Crippen LogP contribution >= 0.6 is 0 Å². The van der Waals surface area contributed by atoms with E-state index >= 15 is 0 Å². The minimum Gasteiger partial charge on any atom is -0.379 e. The lowest BCUT2D eigenvalue weighted by Gasteiger charge is -2.17. The molecule has 0 aliphatic carbocycles. The average molecular weight is 434 g/mol. The summed E-state index contributed by atoms with van der Waals surface area (Å²) in [6, 6.07) is 29.5. The van der Waals surface area contributed by atoms with Gasteiger partial charge in [-0.05, 0) is 35.4 Å². The Morgan fingerprint density at radius 1 is 0.758 bits per heavy atom. The van der Waals surface area contributed by atoms with Crippen LogP contribution in [0.25, 0.3) is 16.9 Å². The molecule has 1 amide bonds. The molecule has 0 aliphatic heterocycles. The summed E-state index contributed by atoms with van der Waals surface area (Å²) in [5, 5.41) is 6.54. The highest BCUT2D eigenvalue weighted by Gasteiger charge is 2.19. The van der Waals surface area contributed by atoms with Gasteiger partial charge in [-0.15, -0.1) is 0 Å². The fourth-order valence-corrected chi connectivity index (χ4v) is 3.81. The molecule has 5 aromatic rings. The number of nitrogens with zero attached hydrogens (tertiary/aromatic N) is 3. The molecule has 6 heteroatoms. The van der Waals surface area contributed by atoms with Crippen molar-refractivity contribution in [2.75, 3.05) is 5.32 Å². The molecule has 0 fully saturated rings. The van der Waals surface area contributed by atoms with Gasteiger partial charge >= 0.3 is 0 Å². The standard InChI is InChI=1S/C27H23N5O/c33-27(30-18-21-11-5-2-6-12-21)22-13-7-14-23(29-17-20-9-3-1-4-10-20)25(22)32-19-31-24-15-8-16-28-26(24)32/h1-16,19,29H,17-18H2,(H,30,33). The molecule has 0 spiro atoms. The third-order valence-corrected chi connectivity index (χ3v) is 5.45. The van der Waals surface area contributed by atoms with Crippen molar-refractivity contribution in [3.05, 3.63) is 120 Å². The number of para-hydroxylation sites is 1. The van der Waals surface area contributed by atoms with Gasteiger partial charge in [0.1, 0.15) is 11.8 Å². The van der Waals surface area contributed by atoms with Crippen LogP contribution in [0.2, 0.25) is 0 Å². The first kappa shape index (κ1) is 20.5. The van der Waals surface area contributed by atoms with Gasteiger partial charge in [-0.2, -0.15) is 0 Å². The molecule has 0 atom stereocenters. The topological polar surface area (TPSA) is 71.8 Å². The molecule has 162 valence electrons. The first-order chi connectivity index (χ1) is 16.3. The van der Waals surface area contributed by atoms with Crippen molar-refractivity contribution in [2.45, 2.75) is 13.1 Å². The molecule has 5 rings (SSSR count). The molecule has 33 heavy (non-hydrogen) atoms. The number of fused-ring (bicyclic) bond motifs is 1. The van der Waals surface area contributed by atoms with Crippen LogP contribution in [-0.4, -0.2) is 20.4 Å². The smallest absolute Gasteiger partial charge is 0.253 e. The number of aromatic nitrogens is 3. The van der Waals surface area contributed by atoms with E-state index in [9.17, 15) is 4.79 Å². The lowest BCUT2D eigenvalue weighted by molar-refractivity contribution is 0.0951. The molecule has 0 aliphatic rings. The number of amides is 1. The number of pyridine rings is 1. The summed E-state index contributed by atoms with van der Waals surface area (Å²) < 4.78 is 1.88. The van der Waals surface area contributed by atoms with Crippen LogP contribution in [0.5, 0.6) is 0 Å². The second-order valence-electron chi connectivity index (χ2n) is 7.67. The monoisotopic (exact) mass is 433 g/mol. The molecule has 0 unspecified atom stereocenters. The average Bonchev–Trinajstić information content (AvgIpc) is 3.31. The third-order valence-electron chi connectivity index (χ3n) is 5.45. The second kappa shape index (κ2) is 9.36. The van der Waals surface area contributed by atoms with Crippen LogP contribution in [0.4, 0.5) is 5.69 Å². The highest BCUT2D eigenvalue weighted by atomic mass is 16.1. The van der Waals surface area contributed by atoms with E-state index in [-0.39, 0.29) is 5.91 Å². The normalized spacial score (nSPS) is 10.8. The van der Waals surface area contributed by atoms with E-state index in [1.165, 1.54) is 0 Å². The van der Waals surface area contributed by atoms with E-state index in [0.717, 1.165) is 28.0 Å². The Hall–Kier alpha value is -4.45. The summed E-state index contributed by atoms with van der Waals surface area (Å²) in [6.45, 7) is 1.08. The van der Waals surface area contributed by atoms with Crippen molar-refractivity contribution in [3.63, 3.8) is 0 Å². The molecule has 0 bridgehead atoms. The van der Waals surface area contributed by atoms with E-state index in [4.69, 9.17) is 0 Å². The third kappa shape index (κ3) is 4.45. The molecule has 0 saturated carbocycles. The Labute approximate surface area is 191 Å². The summed E-state index contributed by atoms with van der Waals surface area (Å²) in [7, 11) is 0. The van der Waals surface area contributed by atoms with E-state index < -0.39 is 0 Å². The van der Waals surface area contributed by atoms with Crippen LogP contribution in [-0.2, 0) is 13.1 Å². The van der Waals surface area contributed by atoms with Gasteiger partial charge in [0.25, 0.3) is 5.91 Å². The molecule has 6 nitrogen and oxygen atoms in total. The number of hydrogen-bond donors (Lipinski definition) is 2. The lowest BCUT2D eigenvalue weighted by Crippen LogP contribution is -2.24. The van der Waals surface area contributed by atoms with Gasteiger partial charge in [0.15, 0.2) is 5.65 Å². The minimum atomic E-state index is -0.157. The van der Waals surface area contributed by atoms with Crippen molar-refractivity contribution >= 4 is 22.8 Å². The molecule has 2 aromatic heterocycles. The number of carbonyl (C=O) groups is 1. The Morgan fingerprint density at radius 2 is 1.48 bits per heavy atom. The van der Waals surface area contributed by atoms with Crippen LogP contribution in [0.3, 0.4) is 0 Å². The second-order valence-corrected chi connectivity index (χ2v) is 7.67. The zero-order chi connectivity index (χ0) is 22.5. The van der Waals surface area contributed by atoms with Crippen LogP contribution in [0.15, 0.2) is 104 Å². The van der Waals surface area contributed by atoms with Crippen molar-refractivity contribution in [2.24, 2.45) is 0 Å². The van der Waals surface area contributed by atoms with Gasteiger partial charge in [-0.1, -0.05) is 66.7 Å². The zero-order valence-corrected chi connectivity index (χ0v) is 18.0. The van der Waals surface area contributed by atoms with E-state index in [2.05, 4.69) is 32.7 Å². The Balaban J connectivity index is 1.53. The number of hydrogen-bond acceptors (Lipinski definition) is 4. The predicted octanol–water partition coefficient (Wildman–Crippen LogP) is 4.96. The maximum Gasteiger partial charge on any atom is 0.253 e. The summed E-state index contributed by atoms with van der Waals surface area (Å²) in [6.07, 6.45) is 3.45. The maximum atomic E-state index is 13.3. The number of nitrogens with one attached hydrogen (secondary N) is 2. The fraction of sp³-hybridized carbons (Fsp3) is 0.0741. The van der Waals surface area contributed by atoms with E-state index in [0.29, 0.717) is 24.3 Å². The van der Waals surface area contributed by atoms with Gasteiger partial charge in [-0.3, -0.25) is 9.36 Å². The molecule has 0 saturated heterocycles. The van der Waals surface area contributed by atoms with Crippen molar-refractivity contribution in [1.29, 1.82) is 0 Å². The highest BCUT2D eigenvalue weighted by molar-refractivity contribution is 6.00. The Kier molecular flexibility index (Phi) is 5.80. The van der Waals surface area contributed by atoms with Crippen LogP contribution < -0.4 is 10.6 Å². The fourth-order valence-electron chi connectivity index (χ4n) is 3.81. The summed E-state index contributed by atoms with van der Waals surface area (Å²) in [4.78, 5) is 22.3. The van der Waals surface area contributed by atoms with Crippen LogP contribution in [0, 0.1) is 0 Å². The molecule has 0 radical (unpaired) electrons. The van der Waals surface area contributed by atoms with Crippen molar-refractivity contribution < 1.29 is 4.79 Å². The number of anilines is 1. The van der Waals surface area contributed by atoms with Crippen LogP contribution in [0.1, 0.15) is 21.5 Å². The number of imidazole rings is 1. The first-order valence-electron chi connectivity index (χ1n) is 10.8. The van der Waals surface area contributed by atoms with Crippen molar-refractivity contribution in [1.82, 2.24) is 19.9 Å². The predicted molar refractivity (Wildman–Crippen MR) is 130 cm³/mol. The Morgan fingerprint density at radius 3 is 2.24 bits per heavy atom. The molecule has 2 N–H and O–H groups in total.